The Bertz CT molecular complexity index is 886. The minimum Gasteiger partial charge on any atom is -0.325 e. The molecular weight excluding hydrogens is 374 g/mol. The Balaban J connectivity index is 1.42. The number of halogens is 1. The zero-order chi connectivity index (χ0) is 19.5. The highest BCUT2D eigenvalue weighted by molar-refractivity contribution is 6.31. The monoisotopic (exact) mass is 397 g/mol. The molecule has 0 aliphatic carbocycles. The van der Waals surface area contributed by atoms with Crippen molar-refractivity contribution >= 4 is 34.8 Å². The minimum absolute atomic E-state index is 0.0520. The molecule has 2 aliphatic heterocycles. The number of benzene rings is 2. The summed E-state index contributed by atoms with van der Waals surface area (Å²) in [5.41, 5.74) is 2.65. The molecule has 146 valence electrons. The van der Waals surface area contributed by atoms with E-state index < -0.39 is 0 Å². The van der Waals surface area contributed by atoms with Crippen LogP contribution in [-0.4, -0.2) is 36.3 Å². The number of nitrogens with one attached hydrogen (secondary N) is 1. The lowest BCUT2D eigenvalue weighted by atomic mass is 10.0. The maximum atomic E-state index is 12.7. The molecule has 2 aliphatic rings. The van der Waals surface area contributed by atoms with E-state index in [2.05, 4.69) is 10.2 Å². The fraction of sp³-hybridized carbons (Fsp3) is 0.364. The van der Waals surface area contributed by atoms with E-state index in [1.165, 1.54) is 0 Å². The van der Waals surface area contributed by atoms with E-state index in [9.17, 15) is 9.59 Å². The average molecular weight is 398 g/mol. The number of likely N-dealkylation sites (tertiary alicyclic amines) is 1. The first-order chi connectivity index (χ1) is 13.6. The molecule has 0 saturated carbocycles. The van der Waals surface area contributed by atoms with Gasteiger partial charge in [-0.3, -0.25) is 14.5 Å². The van der Waals surface area contributed by atoms with Crippen LogP contribution in [0.25, 0.3) is 0 Å². The zero-order valence-corrected chi connectivity index (χ0v) is 16.5. The van der Waals surface area contributed by atoms with Gasteiger partial charge in [-0.1, -0.05) is 35.9 Å². The predicted molar refractivity (Wildman–Crippen MR) is 112 cm³/mol. The number of amides is 2. The van der Waals surface area contributed by atoms with Gasteiger partial charge in [0, 0.05) is 35.4 Å². The van der Waals surface area contributed by atoms with E-state index in [4.69, 9.17) is 11.6 Å². The van der Waals surface area contributed by atoms with E-state index in [1.807, 2.05) is 48.5 Å². The molecular formula is C22H24ClN3O2. The Hall–Kier alpha value is -2.37. The molecule has 1 atom stereocenters. The normalized spacial score (nSPS) is 20.0. The maximum absolute atomic E-state index is 12.7. The molecule has 2 aromatic rings. The van der Waals surface area contributed by atoms with Crippen LogP contribution >= 0.6 is 11.6 Å². The molecule has 0 radical (unpaired) electrons. The zero-order valence-electron chi connectivity index (χ0n) is 15.7. The lowest BCUT2D eigenvalue weighted by molar-refractivity contribution is -0.118. The van der Waals surface area contributed by atoms with Gasteiger partial charge in [0.25, 0.3) is 0 Å². The van der Waals surface area contributed by atoms with Gasteiger partial charge in [0.2, 0.25) is 11.8 Å². The predicted octanol–water partition coefficient (Wildman–Crippen LogP) is 4.24. The van der Waals surface area contributed by atoms with Gasteiger partial charge >= 0.3 is 0 Å². The summed E-state index contributed by atoms with van der Waals surface area (Å²) in [7, 11) is 0. The van der Waals surface area contributed by atoms with Gasteiger partial charge in [-0.05, 0) is 55.6 Å². The summed E-state index contributed by atoms with van der Waals surface area (Å²) < 4.78 is 0. The van der Waals surface area contributed by atoms with Crippen LogP contribution in [0.3, 0.4) is 0 Å². The molecule has 2 aromatic carbocycles. The van der Waals surface area contributed by atoms with E-state index >= 15 is 0 Å². The molecule has 1 N–H and O–H groups in total. The van der Waals surface area contributed by atoms with E-state index in [-0.39, 0.29) is 17.9 Å². The highest BCUT2D eigenvalue weighted by Gasteiger charge is 2.29. The van der Waals surface area contributed by atoms with Gasteiger partial charge in [-0.15, -0.1) is 0 Å². The van der Waals surface area contributed by atoms with Crippen molar-refractivity contribution in [3.05, 3.63) is 59.1 Å². The Morgan fingerprint density at radius 1 is 1.11 bits per heavy atom. The molecule has 6 heteroatoms. The summed E-state index contributed by atoms with van der Waals surface area (Å²) in [6.45, 7) is 1.94. The molecule has 5 nitrogen and oxygen atoms in total. The number of rotatable bonds is 5. The second-order valence-electron chi connectivity index (χ2n) is 7.40. The van der Waals surface area contributed by atoms with Crippen LogP contribution in [0.4, 0.5) is 11.4 Å². The van der Waals surface area contributed by atoms with Gasteiger partial charge in [0.05, 0.1) is 6.54 Å². The Kier molecular flexibility index (Phi) is 5.64. The third-order valence-electron chi connectivity index (χ3n) is 5.49. The molecule has 2 amide bonds. The van der Waals surface area contributed by atoms with Gasteiger partial charge in [0.15, 0.2) is 0 Å². The van der Waals surface area contributed by atoms with Crippen molar-refractivity contribution in [3.8, 4) is 0 Å². The van der Waals surface area contributed by atoms with Crippen LogP contribution in [0.15, 0.2) is 48.5 Å². The van der Waals surface area contributed by atoms with E-state index in [1.54, 1.807) is 4.90 Å². The first kappa shape index (κ1) is 19.0. The van der Waals surface area contributed by atoms with Crippen LogP contribution < -0.4 is 10.2 Å². The molecule has 0 aromatic heterocycles. The topological polar surface area (TPSA) is 52.7 Å². The second kappa shape index (κ2) is 8.33. The summed E-state index contributed by atoms with van der Waals surface area (Å²) in [4.78, 5) is 28.6. The fourth-order valence-corrected chi connectivity index (χ4v) is 4.43. The van der Waals surface area contributed by atoms with Crippen molar-refractivity contribution in [3.63, 3.8) is 0 Å². The lowest BCUT2D eigenvalue weighted by Gasteiger charge is -2.25. The van der Waals surface area contributed by atoms with Crippen LogP contribution in [0.5, 0.6) is 0 Å². The van der Waals surface area contributed by atoms with Crippen molar-refractivity contribution in [2.45, 2.75) is 31.7 Å². The molecule has 28 heavy (non-hydrogen) atoms. The van der Waals surface area contributed by atoms with Gasteiger partial charge < -0.3 is 10.2 Å². The number of carbonyl (C=O) groups excluding carboxylic acids is 2. The highest BCUT2D eigenvalue weighted by atomic mass is 35.5. The van der Waals surface area contributed by atoms with Crippen LogP contribution in [0.1, 0.15) is 37.3 Å². The third-order valence-corrected chi connectivity index (χ3v) is 5.83. The summed E-state index contributed by atoms with van der Waals surface area (Å²) in [6.07, 6.45) is 3.53. The number of carbonyl (C=O) groups is 2. The van der Waals surface area contributed by atoms with Crippen LogP contribution in [0, 0.1) is 0 Å². The average Bonchev–Trinajstić information content (AvgIpc) is 3.31. The molecule has 0 bridgehead atoms. The van der Waals surface area contributed by atoms with Gasteiger partial charge in [-0.2, -0.15) is 0 Å². The summed E-state index contributed by atoms with van der Waals surface area (Å²) in [5.74, 6) is 0.0898. The van der Waals surface area contributed by atoms with E-state index in [0.717, 1.165) is 54.3 Å². The van der Waals surface area contributed by atoms with Gasteiger partial charge in [0.1, 0.15) is 0 Å². The fourth-order valence-electron chi connectivity index (χ4n) is 4.17. The highest BCUT2D eigenvalue weighted by Crippen LogP contribution is 2.35. The smallest absolute Gasteiger partial charge is 0.238 e. The second-order valence-corrected chi connectivity index (χ2v) is 7.80. The van der Waals surface area contributed by atoms with Crippen LogP contribution in [-0.2, 0) is 9.59 Å². The van der Waals surface area contributed by atoms with Crippen molar-refractivity contribution in [1.29, 1.82) is 0 Å². The molecule has 2 saturated heterocycles. The number of hydrogen-bond acceptors (Lipinski definition) is 3. The number of anilines is 2. The molecule has 4 rings (SSSR count). The summed E-state index contributed by atoms with van der Waals surface area (Å²) >= 11 is 6.37. The molecule has 2 heterocycles. The number of hydrogen-bond donors (Lipinski definition) is 1. The first-order valence-corrected chi connectivity index (χ1v) is 10.2. The quantitative estimate of drug-likeness (QED) is 0.820. The Labute approximate surface area is 170 Å². The maximum Gasteiger partial charge on any atom is 0.238 e. The van der Waals surface area contributed by atoms with Crippen molar-refractivity contribution in [2.75, 3.05) is 29.9 Å². The summed E-state index contributed by atoms with van der Waals surface area (Å²) in [6, 6.07) is 15.5. The minimum atomic E-state index is -0.0520. The Morgan fingerprint density at radius 3 is 2.75 bits per heavy atom. The van der Waals surface area contributed by atoms with Crippen molar-refractivity contribution < 1.29 is 9.59 Å². The molecule has 0 spiro atoms. The van der Waals surface area contributed by atoms with Crippen molar-refractivity contribution in [2.24, 2.45) is 0 Å². The van der Waals surface area contributed by atoms with E-state index in [0.29, 0.717) is 13.0 Å². The Morgan fingerprint density at radius 2 is 1.96 bits per heavy atom. The first-order valence-electron chi connectivity index (χ1n) is 9.80. The lowest BCUT2D eigenvalue weighted by Crippen LogP contribution is -2.33. The van der Waals surface area contributed by atoms with Crippen LogP contribution in [0.2, 0.25) is 5.02 Å². The largest absolute Gasteiger partial charge is 0.325 e. The summed E-state index contributed by atoms with van der Waals surface area (Å²) in [5, 5.41) is 3.74. The van der Waals surface area contributed by atoms with Gasteiger partial charge in [-0.25, -0.2) is 0 Å². The molecule has 2 fully saturated rings. The number of nitrogens with zero attached hydrogens (tertiary/aromatic N) is 2. The molecule has 1 unspecified atom stereocenters. The SMILES string of the molecule is O=C(CN1CCCC1c1ccccc1Cl)Nc1cccc(N2CCCC2=O)c1. The van der Waals surface area contributed by atoms with Crippen molar-refractivity contribution in [1.82, 2.24) is 4.90 Å². The standard InChI is InChI=1S/C22H24ClN3O2/c23-19-9-2-1-8-18(19)20-10-4-12-25(20)15-21(27)24-16-6-3-7-17(14-16)26-13-5-11-22(26)28/h1-3,6-9,14,20H,4-5,10-13,15H2,(H,24,27). The third kappa shape index (κ3) is 4.05.